The van der Waals surface area contributed by atoms with Crippen LogP contribution in [0.4, 0.5) is 0 Å². The number of hydrogen-bond acceptors (Lipinski definition) is 0. The van der Waals surface area contributed by atoms with E-state index in [1.807, 2.05) is 13.8 Å². The van der Waals surface area contributed by atoms with Gasteiger partial charge in [0.15, 0.2) is 0 Å². The molecule has 0 spiro atoms. The van der Waals surface area contributed by atoms with Gasteiger partial charge in [0.25, 0.3) is 0 Å². The third kappa shape index (κ3) is 1.76. The van der Waals surface area contributed by atoms with Crippen molar-refractivity contribution in [2.45, 2.75) is 27.2 Å². The highest BCUT2D eigenvalue weighted by molar-refractivity contribution is 6.18. The van der Waals surface area contributed by atoms with Crippen LogP contribution in [0.5, 0.6) is 0 Å². The highest BCUT2D eigenvalue weighted by atomic mass is 14.2. The molecule has 2 aromatic carbocycles. The van der Waals surface area contributed by atoms with Gasteiger partial charge in [-0.25, -0.2) is 0 Å². The molecule has 0 N–H and O–H groups in total. The Labute approximate surface area is 121 Å². The lowest BCUT2D eigenvalue weighted by Crippen LogP contribution is -1.84. The molecule has 2 aliphatic carbocycles. The Bertz CT molecular complexity index is 727. The van der Waals surface area contributed by atoms with E-state index in [0.717, 1.165) is 6.42 Å². The Balaban J connectivity index is 0.000000581. The molecule has 0 fully saturated rings. The molecule has 100 valence electrons. The van der Waals surface area contributed by atoms with E-state index in [4.69, 9.17) is 0 Å². The van der Waals surface area contributed by atoms with Gasteiger partial charge in [0, 0.05) is 0 Å². The van der Waals surface area contributed by atoms with Crippen LogP contribution in [0.1, 0.15) is 37.0 Å². The first-order valence-corrected chi connectivity index (χ1v) is 7.47. The molecule has 4 rings (SSSR count). The number of allylic oxidation sites excluding steroid dienone is 6. The summed E-state index contributed by atoms with van der Waals surface area (Å²) in [5, 5.41) is 2.82. The molecule has 0 heteroatoms. The van der Waals surface area contributed by atoms with Crippen molar-refractivity contribution in [2.24, 2.45) is 0 Å². The van der Waals surface area contributed by atoms with Crippen LogP contribution in [0.15, 0.2) is 54.6 Å². The summed E-state index contributed by atoms with van der Waals surface area (Å²) >= 11 is 0. The van der Waals surface area contributed by atoms with Crippen molar-refractivity contribution < 1.29 is 0 Å². The van der Waals surface area contributed by atoms with Crippen LogP contribution in [-0.2, 0) is 0 Å². The summed E-state index contributed by atoms with van der Waals surface area (Å²) in [6, 6.07) is 11.2. The van der Waals surface area contributed by atoms with Gasteiger partial charge in [-0.15, -0.1) is 0 Å². The fourth-order valence-corrected chi connectivity index (χ4v) is 3.10. The number of hydrogen-bond donors (Lipinski definition) is 0. The lowest BCUT2D eigenvalue weighted by atomic mass is 9.98. The molecule has 2 aromatic rings. The second kappa shape index (κ2) is 5.13. The van der Waals surface area contributed by atoms with Crippen LogP contribution < -0.4 is 0 Å². The molecule has 0 unspecified atom stereocenters. The molecular formula is C20H20. The highest BCUT2D eigenvalue weighted by Crippen LogP contribution is 2.44. The lowest BCUT2D eigenvalue weighted by molar-refractivity contribution is 1.40. The molecular weight excluding hydrogens is 240 g/mol. The summed E-state index contributed by atoms with van der Waals surface area (Å²) < 4.78 is 0. The number of benzene rings is 2. The van der Waals surface area contributed by atoms with Gasteiger partial charge in [0.05, 0.1) is 0 Å². The zero-order valence-corrected chi connectivity index (χ0v) is 12.4. The van der Waals surface area contributed by atoms with Crippen LogP contribution in [0, 0.1) is 6.92 Å². The van der Waals surface area contributed by atoms with Crippen LogP contribution in [0.2, 0.25) is 0 Å². The highest BCUT2D eigenvalue weighted by Gasteiger charge is 2.21. The lowest BCUT2D eigenvalue weighted by Gasteiger charge is -2.06. The van der Waals surface area contributed by atoms with Crippen LogP contribution >= 0.6 is 0 Å². The van der Waals surface area contributed by atoms with E-state index >= 15 is 0 Å². The van der Waals surface area contributed by atoms with Gasteiger partial charge < -0.3 is 0 Å². The minimum atomic E-state index is 1.03. The second-order valence-corrected chi connectivity index (χ2v) is 5.03. The molecule has 0 saturated carbocycles. The van der Waals surface area contributed by atoms with E-state index in [9.17, 15) is 0 Å². The molecule has 0 atom stereocenters. The van der Waals surface area contributed by atoms with E-state index < -0.39 is 0 Å². The van der Waals surface area contributed by atoms with Crippen molar-refractivity contribution in [3.05, 3.63) is 71.3 Å². The number of aryl methyl sites for hydroxylation is 1. The third-order valence-corrected chi connectivity index (χ3v) is 3.97. The maximum atomic E-state index is 2.28. The molecule has 0 saturated heterocycles. The maximum Gasteiger partial charge on any atom is -0.00237 e. The zero-order valence-electron chi connectivity index (χ0n) is 12.4. The van der Waals surface area contributed by atoms with Crippen molar-refractivity contribution in [1.82, 2.24) is 0 Å². The average Bonchev–Trinajstić information content (AvgIpc) is 2.67. The molecule has 0 aliphatic heterocycles. The van der Waals surface area contributed by atoms with E-state index in [2.05, 4.69) is 61.6 Å². The predicted molar refractivity (Wildman–Crippen MR) is 89.7 cm³/mol. The molecule has 0 radical (unpaired) electrons. The normalized spacial score (nSPS) is 14.9. The van der Waals surface area contributed by atoms with Gasteiger partial charge in [-0.05, 0) is 52.0 Å². The fourth-order valence-electron chi connectivity index (χ4n) is 3.10. The van der Waals surface area contributed by atoms with E-state index in [1.54, 1.807) is 0 Å². The minimum absolute atomic E-state index is 1.03. The largest absolute Gasteiger partial charge is 0.0801 e. The molecule has 0 bridgehead atoms. The predicted octanol–water partition coefficient (Wildman–Crippen LogP) is 5.91. The second-order valence-electron chi connectivity index (χ2n) is 5.03. The first-order valence-electron chi connectivity index (χ1n) is 7.47. The van der Waals surface area contributed by atoms with Crippen LogP contribution in [0.25, 0.3) is 21.9 Å². The smallest absolute Gasteiger partial charge is 0.00237 e. The first kappa shape index (κ1) is 12.9. The fraction of sp³-hybridized carbons (Fsp3) is 0.200. The Morgan fingerprint density at radius 1 is 0.800 bits per heavy atom. The molecule has 0 nitrogen and oxygen atoms in total. The summed E-state index contributed by atoms with van der Waals surface area (Å²) in [6.07, 6.45) is 10.1. The summed E-state index contributed by atoms with van der Waals surface area (Å²) in [5.41, 5.74) is 6.92. The number of fused-ring (bicyclic) bond motifs is 2. The first-order chi connectivity index (χ1) is 9.86. The topological polar surface area (TPSA) is 0 Å². The van der Waals surface area contributed by atoms with Crippen LogP contribution in [-0.4, -0.2) is 0 Å². The van der Waals surface area contributed by atoms with Gasteiger partial charge in [-0.2, -0.15) is 0 Å². The van der Waals surface area contributed by atoms with E-state index in [-0.39, 0.29) is 0 Å². The Kier molecular flexibility index (Phi) is 3.31. The molecule has 0 heterocycles. The Hall–Kier alpha value is -2.08. The van der Waals surface area contributed by atoms with E-state index in [1.165, 1.54) is 38.6 Å². The van der Waals surface area contributed by atoms with Crippen molar-refractivity contribution in [3.8, 4) is 0 Å². The zero-order chi connectivity index (χ0) is 14.1. The quantitative estimate of drug-likeness (QED) is 0.552. The molecule has 20 heavy (non-hydrogen) atoms. The van der Waals surface area contributed by atoms with Gasteiger partial charge >= 0.3 is 0 Å². The van der Waals surface area contributed by atoms with Gasteiger partial charge in [0.1, 0.15) is 0 Å². The summed E-state index contributed by atoms with van der Waals surface area (Å²) in [4.78, 5) is 0. The average molecular weight is 260 g/mol. The van der Waals surface area contributed by atoms with Crippen molar-refractivity contribution in [1.29, 1.82) is 0 Å². The van der Waals surface area contributed by atoms with Crippen molar-refractivity contribution in [2.75, 3.05) is 0 Å². The number of rotatable bonds is 0. The molecule has 0 aromatic heterocycles. The van der Waals surface area contributed by atoms with E-state index in [0.29, 0.717) is 0 Å². The third-order valence-electron chi connectivity index (χ3n) is 3.97. The van der Waals surface area contributed by atoms with Crippen molar-refractivity contribution in [3.63, 3.8) is 0 Å². The molecule has 2 aliphatic rings. The maximum absolute atomic E-state index is 2.28. The monoisotopic (exact) mass is 260 g/mol. The van der Waals surface area contributed by atoms with Gasteiger partial charge in [-0.1, -0.05) is 68.5 Å². The van der Waals surface area contributed by atoms with Crippen molar-refractivity contribution >= 4 is 21.9 Å². The summed E-state index contributed by atoms with van der Waals surface area (Å²) in [5.74, 6) is 0. The Morgan fingerprint density at radius 2 is 1.45 bits per heavy atom. The Morgan fingerprint density at radius 3 is 2.15 bits per heavy atom. The van der Waals surface area contributed by atoms with Gasteiger partial charge in [0.2, 0.25) is 0 Å². The summed E-state index contributed by atoms with van der Waals surface area (Å²) in [6.45, 7) is 6.19. The van der Waals surface area contributed by atoms with Crippen LogP contribution in [0.3, 0.4) is 0 Å². The minimum Gasteiger partial charge on any atom is -0.0801 e. The SMILES string of the molecule is CC.Cc1ccc2c3c(cccc13)C1=C2C=CCC=C1. The van der Waals surface area contributed by atoms with Gasteiger partial charge in [-0.3, -0.25) is 0 Å². The standard InChI is InChI=1S/C18H14.C2H6/c1-12-10-11-17-15-7-4-2-3-6-14(15)16-9-5-8-13(12)18(16)17;1-2/h3-11H,2H2,1H3;1-2H3. The molecule has 0 amide bonds. The summed E-state index contributed by atoms with van der Waals surface area (Å²) in [7, 11) is 0.